The number of aliphatic carboxylic acids is 1. The fourth-order valence-corrected chi connectivity index (χ4v) is 1.24. The van der Waals surface area contributed by atoms with E-state index in [1.54, 1.807) is 6.92 Å². The number of unbranched alkanes of at least 4 members (excludes halogenated alkanes) is 1. The lowest BCUT2D eigenvalue weighted by atomic mass is 10.2. The maximum atomic E-state index is 10.7. The van der Waals surface area contributed by atoms with E-state index in [0.717, 1.165) is 19.4 Å². The highest BCUT2D eigenvalue weighted by atomic mass is 16.5. The lowest BCUT2D eigenvalue weighted by Gasteiger charge is -2.12. The summed E-state index contributed by atoms with van der Waals surface area (Å²) in [4.78, 5) is 10.7. The van der Waals surface area contributed by atoms with Crippen LogP contribution in [0.5, 0.6) is 0 Å². The van der Waals surface area contributed by atoms with Crippen molar-refractivity contribution in [2.24, 2.45) is 0 Å². The second-order valence-corrected chi connectivity index (χ2v) is 3.65. The first-order chi connectivity index (χ1) is 8.22. The summed E-state index contributed by atoms with van der Waals surface area (Å²) in [5.41, 5.74) is 0. The first kappa shape index (κ1) is 16.4. The van der Waals surface area contributed by atoms with Crippen molar-refractivity contribution in [1.29, 1.82) is 0 Å². The number of rotatable bonds is 12. The van der Waals surface area contributed by atoms with Crippen LogP contribution in [0.25, 0.3) is 0 Å². The Labute approximate surface area is 103 Å². The lowest BCUT2D eigenvalue weighted by molar-refractivity contribution is -0.151. The molecule has 0 radical (unpaired) electrons. The van der Waals surface area contributed by atoms with Crippen LogP contribution in [0.1, 0.15) is 33.1 Å². The Hall–Kier alpha value is -0.650. The average Bonchev–Trinajstić information content (AvgIpc) is 2.31. The summed E-state index contributed by atoms with van der Waals surface area (Å²) < 4.78 is 15.6. The minimum atomic E-state index is -0.936. The van der Waals surface area contributed by atoms with Gasteiger partial charge in [-0.3, -0.25) is 0 Å². The van der Waals surface area contributed by atoms with E-state index in [1.807, 2.05) is 0 Å². The highest BCUT2D eigenvalue weighted by Crippen LogP contribution is 1.99. The summed E-state index contributed by atoms with van der Waals surface area (Å²) in [6.45, 7) is 6.49. The van der Waals surface area contributed by atoms with Crippen LogP contribution in [-0.2, 0) is 19.0 Å². The van der Waals surface area contributed by atoms with Gasteiger partial charge in [0.1, 0.15) is 0 Å². The molecule has 0 aromatic rings. The quantitative estimate of drug-likeness (QED) is 0.532. The monoisotopic (exact) mass is 248 g/mol. The molecule has 1 atom stereocenters. The Morgan fingerprint density at radius 3 is 2.29 bits per heavy atom. The fourth-order valence-electron chi connectivity index (χ4n) is 1.24. The second kappa shape index (κ2) is 11.8. The third kappa shape index (κ3) is 10.2. The van der Waals surface area contributed by atoms with E-state index >= 15 is 0 Å². The molecule has 0 rings (SSSR count). The Kier molecular flexibility index (Phi) is 11.4. The van der Waals surface area contributed by atoms with E-state index in [1.165, 1.54) is 0 Å². The molecule has 0 aromatic heterocycles. The van der Waals surface area contributed by atoms with Crippen LogP contribution in [0.15, 0.2) is 0 Å². The maximum Gasteiger partial charge on any atom is 0.332 e. The van der Waals surface area contributed by atoms with Gasteiger partial charge in [0.2, 0.25) is 0 Å². The van der Waals surface area contributed by atoms with E-state index in [4.69, 9.17) is 19.3 Å². The first-order valence-corrected chi connectivity index (χ1v) is 6.22. The van der Waals surface area contributed by atoms with Crippen molar-refractivity contribution in [3.63, 3.8) is 0 Å². The molecule has 0 aliphatic carbocycles. The van der Waals surface area contributed by atoms with Gasteiger partial charge in [0, 0.05) is 26.2 Å². The topological polar surface area (TPSA) is 65.0 Å². The summed E-state index contributed by atoms with van der Waals surface area (Å²) in [5.74, 6) is -0.936. The Morgan fingerprint density at radius 1 is 1.12 bits per heavy atom. The molecule has 0 bridgehead atoms. The van der Waals surface area contributed by atoms with Crippen molar-refractivity contribution in [1.82, 2.24) is 0 Å². The summed E-state index contributed by atoms with van der Waals surface area (Å²) in [7, 11) is 0. The van der Waals surface area contributed by atoms with E-state index in [-0.39, 0.29) is 0 Å². The predicted octanol–water partition coefficient (Wildman–Crippen LogP) is 1.70. The van der Waals surface area contributed by atoms with E-state index in [0.29, 0.717) is 32.8 Å². The van der Waals surface area contributed by atoms with Crippen molar-refractivity contribution in [3.8, 4) is 0 Å². The molecule has 1 N–H and O–H groups in total. The summed E-state index contributed by atoms with van der Waals surface area (Å²) in [6, 6.07) is 0. The average molecular weight is 248 g/mol. The molecule has 17 heavy (non-hydrogen) atoms. The SMILES string of the molecule is CCCCOCCOCCC(OCC)C(=O)O. The van der Waals surface area contributed by atoms with Crippen molar-refractivity contribution in [2.75, 3.05) is 33.0 Å². The summed E-state index contributed by atoms with van der Waals surface area (Å²) in [5, 5.41) is 8.80. The van der Waals surface area contributed by atoms with Crippen LogP contribution in [0, 0.1) is 0 Å². The van der Waals surface area contributed by atoms with Gasteiger partial charge in [0.15, 0.2) is 6.10 Å². The standard InChI is InChI=1S/C12H24O5/c1-3-5-7-15-9-10-16-8-6-11(12(13)14)17-4-2/h11H,3-10H2,1-2H3,(H,13,14). The van der Waals surface area contributed by atoms with Crippen LogP contribution >= 0.6 is 0 Å². The third-order valence-corrected chi connectivity index (χ3v) is 2.18. The minimum Gasteiger partial charge on any atom is -0.479 e. The molecule has 0 saturated carbocycles. The highest BCUT2D eigenvalue weighted by molar-refractivity contribution is 5.72. The molecule has 0 aliphatic heterocycles. The Morgan fingerprint density at radius 2 is 1.76 bits per heavy atom. The number of carboxylic acids is 1. The second-order valence-electron chi connectivity index (χ2n) is 3.65. The van der Waals surface area contributed by atoms with Crippen LogP contribution in [0.4, 0.5) is 0 Å². The lowest BCUT2D eigenvalue weighted by Crippen LogP contribution is -2.25. The van der Waals surface area contributed by atoms with Crippen LogP contribution in [0.2, 0.25) is 0 Å². The number of ether oxygens (including phenoxy) is 3. The van der Waals surface area contributed by atoms with Crippen LogP contribution < -0.4 is 0 Å². The van der Waals surface area contributed by atoms with Crippen LogP contribution in [0.3, 0.4) is 0 Å². The van der Waals surface area contributed by atoms with Gasteiger partial charge in [-0.1, -0.05) is 13.3 Å². The molecule has 1 unspecified atom stereocenters. The maximum absolute atomic E-state index is 10.7. The van der Waals surface area contributed by atoms with Gasteiger partial charge < -0.3 is 19.3 Å². The van der Waals surface area contributed by atoms with Gasteiger partial charge in [-0.25, -0.2) is 4.79 Å². The highest BCUT2D eigenvalue weighted by Gasteiger charge is 2.16. The summed E-state index contributed by atoms with van der Waals surface area (Å²) >= 11 is 0. The zero-order chi connectivity index (χ0) is 12.9. The number of hydrogen-bond acceptors (Lipinski definition) is 4. The van der Waals surface area contributed by atoms with Gasteiger partial charge in [0.25, 0.3) is 0 Å². The molecule has 0 heterocycles. The molecular weight excluding hydrogens is 224 g/mol. The van der Waals surface area contributed by atoms with Crippen LogP contribution in [-0.4, -0.2) is 50.2 Å². The zero-order valence-electron chi connectivity index (χ0n) is 10.8. The van der Waals surface area contributed by atoms with Gasteiger partial charge in [0.05, 0.1) is 13.2 Å². The molecule has 102 valence electrons. The van der Waals surface area contributed by atoms with Gasteiger partial charge in [-0.15, -0.1) is 0 Å². The van der Waals surface area contributed by atoms with Gasteiger partial charge in [-0.05, 0) is 13.3 Å². The molecule has 0 spiro atoms. The zero-order valence-corrected chi connectivity index (χ0v) is 10.8. The normalized spacial score (nSPS) is 12.6. The number of hydrogen-bond donors (Lipinski definition) is 1. The van der Waals surface area contributed by atoms with Crippen molar-refractivity contribution >= 4 is 5.97 Å². The fraction of sp³-hybridized carbons (Fsp3) is 0.917. The van der Waals surface area contributed by atoms with E-state index in [2.05, 4.69) is 6.92 Å². The smallest absolute Gasteiger partial charge is 0.332 e. The van der Waals surface area contributed by atoms with Gasteiger partial charge in [-0.2, -0.15) is 0 Å². The molecule has 0 saturated heterocycles. The molecule has 5 heteroatoms. The van der Waals surface area contributed by atoms with Crippen molar-refractivity contribution in [3.05, 3.63) is 0 Å². The van der Waals surface area contributed by atoms with Crippen molar-refractivity contribution < 1.29 is 24.1 Å². The summed E-state index contributed by atoms with van der Waals surface area (Å²) in [6.07, 6.45) is 1.79. The number of carboxylic acid groups (broad SMARTS) is 1. The molecule has 0 aromatic carbocycles. The largest absolute Gasteiger partial charge is 0.479 e. The first-order valence-electron chi connectivity index (χ1n) is 6.22. The number of carbonyl (C=O) groups is 1. The minimum absolute atomic E-state index is 0.373. The van der Waals surface area contributed by atoms with Crippen molar-refractivity contribution in [2.45, 2.75) is 39.2 Å². The molecule has 0 fully saturated rings. The molecular formula is C12H24O5. The van der Waals surface area contributed by atoms with E-state index in [9.17, 15) is 4.79 Å². The molecule has 5 nitrogen and oxygen atoms in total. The van der Waals surface area contributed by atoms with Gasteiger partial charge >= 0.3 is 5.97 Å². The predicted molar refractivity (Wildman–Crippen MR) is 64.2 cm³/mol. The molecule has 0 aliphatic rings. The van der Waals surface area contributed by atoms with E-state index < -0.39 is 12.1 Å². The Bertz CT molecular complexity index is 184. The Balaban J connectivity index is 3.33. The third-order valence-electron chi connectivity index (χ3n) is 2.18. The molecule has 0 amide bonds.